The van der Waals surface area contributed by atoms with Crippen molar-refractivity contribution in [1.82, 2.24) is 0 Å². The number of allylic oxidation sites excluding steroid dienone is 2. The molecule has 2 unspecified atom stereocenters. The van der Waals surface area contributed by atoms with Crippen LogP contribution in [0, 0.1) is 10.1 Å². The highest BCUT2D eigenvalue weighted by molar-refractivity contribution is 5.80. The molecule has 0 saturated heterocycles. The van der Waals surface area contributed by atoms with Crippen molar-refractivity contribution in [3.8, 4) is 0 Å². The third-order valence-corrected chi connectivity index (χ3v) is 5.37. The van der Waals surface area contributed by atoms with E-state index in [0.29, 0.717) is 0 Å². The number of nitro groups is 1. The minimum absolute atomic E-state index is 0.123. The quantitative estimate of drug-likeness (QED) is 0.403. The monoisotopic (exact) mass is 356 g/mol. The van der Waals surface area contributed by atoms with Crippen LogP contribution in [-0.2, 0) is 6.54 Å². The van der Waals surface area contributed by atoms with Crippen molar-refractivity contribution in [1.29, 1.82) is 0 Å². The van der Waals surface area contributed by atoms with E-state index in [1.165, 1.54) is 5.56 Å². The number of hydrogen-bond donors (Lipinski definition) is 0. The molecule has 5 nitrogen and oxygen atoms in total. The van der Waals surface area contributed by atoms with E-state index in [0.717, 1.165) is 23.3 Å². The van der Waals surface area contributed by atoms with Crippen LogP contribution in [0.4, 0.5) is 11.5 Å². The van der Waals surface area contributed by atoms with Gasteiger partial charge in [-0.2, -0.15) is 0 Å². The molecule has 5 heteroatoms. The minimum atomic E-state index is -0.342. The van der Waals surface area contributed by atoms with Crippen molar-refractivity contribution < 1.29 is 9.49 Å². The van der Waals surface area contributed by atoms with Gasteiger partial charge < -0.3 is 0 Å². The van der Waals surface area contributed by atoms with E-state index < -0.39 is 0 Å². The lowest BCUT2D eigenvalue weighted by molar-refractivity contribution is -0.663. The van der Waals surface area contributed by atoms with Crippen molar-refractivity contribution in [2.75, 3.05) is 4.90 Å². The fraction of sp³-hybridized carbons (Fsp3) is 0.136. The lowest BCUT2D eigenvalue weighted by Crippen LogP contribution is -2.40. The number of pyridine rings is 1. The van der Waals surface area contributed by atoms with Gasteiger partial charge in [0.15, 0.2) is 12.1 Å². The molecule has 27 heavy (non-hydrogen) atoms. The van der Waals surface area contributed by atoms with E-state index in [9.17, 15) is 10.1 Å². The summed E-state index contributed by atoms with van der Waals surface area (Å²) in [6.45, 7) is 0.818. The predicted molar refractivity (Wildman–Crippen MR) is 105 cm³/mol. The first-order valence-corrected chi connectivity index (χ1v) is 9.01. The van der Waals surface area contributed by atoms with Gasteiger partial charge in [-0.1, -0.05) is 42.5 Å². The summed E-state index contributed by atoms with van der Waals surface area (Å²) in [6.07, 6.45) is 8.62. The molecule has 2 atom stereocenters. The molecule has 0 fully saturated rings. The predicted octanol–water partition coefficient (Wildman–Crippen LogP) is 4.09. The second-order valence-corrected chi connectivity index (χ2v) is 6.93. The van der Waals surface area contributed by atoms with Crippen LogP contribution in [0.1, 0.15) is 11.6 Å². The number of rotatable bonds is 3. The van der Waals surface area contributed by atoms with E-state index >= 15 is 0 Å². The average Bonchev–Trinajstić information content (AvgIpc) is 3.02. The largest absolute Gasteiger partial charge is 0.278 e. The summed E-state index contributed by atoms with van der Waals surface area (Å²) < 4.78 is 2.30. The molecule has 1 aliphatic heterocycles. The highest BCUT2D eigenvalue weighted by atomic mass is 16.6. The van der Waals surface area contributed by atoms with Crippen LogP contribution in [-0.4, -0.2) is 11.0 Å². The van der Waals surface area contributed by atoms with E-state index in [-0.39, 0.29) is 22.7 Å². The molecule has 3 aromatic rings. The van der Waals surface area contributed by atoms with E-state index in [2.05, 4.69) is 64.1 Å². The molecule has 5 rings (SSSR count). The number of nitro benzene ring substituents is 1. The molecule has 0 radical (unpaired) electrons. The van der Waals surface area contributed by atoms with Crippen LogP contribution < -0.4 is 9.47 Å². The Labute approximate surface area is 156 Å². The molecule has 2 heterocycles. The van der Waals surface area contributed by atoms with Gasteiger partial charge in [-0.15, -0.1) is 0 Å². The molecular formula is C22H18N3O2+. The zero-order valence-electron chi connectivity index (χ0n) is 14.6. The molecular weight excluding hydrogens is 338 g/mol. The fourth-order valence-electron chi connectivity index (χ4n) is 4.15. The molecule has 1 aliphatic carbocycles. The fourth-order valence-corrected chi connectivity index (χ4v) is 4.15. The first-order chi connectivity index (χ1) is 13.2. The molecule has 0 bridgehead atoms. The van der Waals surface area contributed by atoms with Crippen molar-refractivity contribution in [3.63, 3.8) is 0 Å². The Hall–Kier alpha value is -3.47. The van der Waals surface area contributed by atoms with Gasteiger partial charge in [-0.25, -0.2) is 9.47 Å². The first kappa shape index (κ1) is 15.8. The van der Waals surface area contributed by atoms with Gasteiger partial charge in [-0.3, -0.25) is 10.1 Å². The number of non-ortho nitro benzene ring substituents is 1. The topological polar surface area (TPSA) is 50.3 Å². The van der Waals surface area contributed by atoms with E-state index in [1.54, 1.807) is 12.1 Å². The maximum absolute atomic E-state index is 11.1. The maximum Gasteiger partial charge on any atom is 0.278 e. The van der Waals surface area contributed by atoms with Crippen LogP contribution in [0.25, 0.3) is 10.9 Å². The van der Waals surface area contributed by atoms with Crippen molar-refractivity contribution >= 4 is 22.4 Å². The van der Waals surface area contributed by atoms with Gasteiger partial charge in [0.2, 0.25) is 0 Å². The first-order valence-electron chi connectivity index (χ1n) is 9.01. The molecule has 0 N–H and O–H groups in total. The lowest BCUT2D eigenvalue weighted by atomic mass is 10.0. The average molecular weight is 356 g/mol. The van der Waals surface area contributed by atoms with E-state index in [4.69, 9.17) is 0 Å². The summed E-state index contributed by atoms with van der Waals surface area (Å²) >= 11 is 0. The van der Waals surface area contributed by atoms with Gasteiger partial charge >= 0.3 is 0 Å². The Bertz CT molecular complexity index is 1110. The lowest BCUT2D eigenvalue weighted by Gasteiger charge is -2.19. The summed E-state index contributed by atoms with van der Waals surface area (Å²) in [6, 6.07) is 20.0. The number of aromatic nitrogens is 1. The highest BCUT2D eigenvalue weighted by Crippen LogP contribution is 2.35. The summed E-state index contributed by atoms with van der Waals surface area (Å²) in [4.78, 5) is 13.2. The summed E-state index contributed by atoms with van der Waals surface area (Å²) in [5.74, 6) is 1.13. The zero-order valence-corrected chi connectivity index (χ0v) is 14.6. The maximum atomic E-state index is 11.1. The smallest absolute Gasteiger partial charge is 0.258 e. The molecule has 0 amide bonds. The number of hydrogen-bond acceptors (Lipinski definition) is 3. The second kappa shape index (κ2) is 6.06. The van der Waals surface area contributed by atoms with Gasteiger partial charge in [0.05, 0.1) is 4.92 Å². The molecule has 2 aliphatic rings. The van der Waals surface area contributed by atoms with Gasteiger partial charge in [0.25, 0.3) is 11.5 Å². The zero-order chi connectivity index (χ0) is 18.4. The van der Waals surface area contributed by atoms with Gasteiger partial charge in [-0.05, 0) is 29.8 Å². The van der Waals surface area contributed by atoms with Crippen LogP contribution in [0.3, 0.4) is 0 Å². The van der Waals surface area contributed by atoms with Crippen molar-refractivity contribution in [3.05, 3.63) is 101 Å². The number of fused-ring (bicyclic) bond motifs is 5. The molecule has 0 saturated carbocycles. The van der Waals surface area contributed by atoms with Crippen LogP contribution in [0.5, 0.6) is 0 Å². The standard InChI is InChI=1S/C22H18N3O2/c26-25(27)18-11-12-19-17(14-18)10-13-22-23(15-16-6-2-1-3-7-16)20-8-4-5-9-21(20)24(19)22/h1-14,20-21H,15H2/q+1. The van der Waals surface area contributed by atoms with Crippen LogP contribution in [0.15, 0.2) is 85.0 Å². The van der Waals surface area contributed by atoms with E-state index in [1.807, 2.05) is 18.2 Å². The third-order valence-electron chi connectivity index (χ3n) is 5.37. The Morgan fingerprint density at radius 2 is 1.81 bits per heavy atom. The normalized spacial score (nSPS) is 19.9. The van der Waals surface area contributed by atoms with Crippen LogP contribution in [0.2, 0.25) is 0 Å². The second-order valence-electron chi connectivity index (χ2n) is 6.93. The third kappa shape index (κ3) is 2.51. The number of benzene rings is 2. The van der Waals surface area contributed by atoms with Crippen molar-refractivity contribution in [2.24, 2.45) is 0 Å². The van der Waals surface area contributed by atoms with Gasteiger partial charge in [0.1, 0.15) is 12.1 Å². The molecule has 1 aromatic heterocycles. The molecule has 2 aromatic carbocycles. The number of nitrogens with zero attached hydrogens (tertiary/aromatic N) is 3. The summed E-state index contributed by atoms with van der Waals surface area (Å²) in [7, 11) is 0. The Morgan fingerprint density at radius 3 is 2.63 bits per heavy atom. The minimum Gasteiger partial charge on any atom is -0.258 e. The summed E-state index contributed by atoms with van der Waals surface area (Å²) in [5, 5.41) is 12.0. The Kier molecular flexibility index (Phi) is 3.53. The Morgan fingerprint density at radius 1 is 1.00 bits per heavy atom. The highest BCUT2D eigenvalue weighted by Gasteiger charge is 2.45. The Balaban J connectivity index is 1.67. The van der Waals surface area contributed by atoms with Crippen molar-refractivity contribution in [2.45, 2.75) is 18.6 Å². The van der Waals surface area contributed by atoms with Gasteiger partial charge in [0, 0.05) is 23.6 Å². The molecule has 0 spiro atoms. The summed E-state index contributed by atoms with van der Waals surface area (Å²) in [5.41, 5.74) is 2.40. The number of anilines is 1. The SMILES string of the molecule is O=[N+]([O-])c1ccc2c(ccc3[n+]2C2C=CC=CC2N3Cc2ccccc2)c1. The van der Waals surface area contributed by atoms with Crippen LogP contribution >= 0.6 is 0 Å². The molecule has 132 valence electrons.